The lowest BCUT2D eigenvalue weighted by Crippen LogP contribution is -2.24. The maximum absolute atomic E-state index is 13.6. The highest BCUT2D eigenvalue weighted by Crippen LogP contribution is 2.31. The molecule has 1 unspecified atom stereocenters. The van der Waals surface area contributed by atoms with Crippen molar-refractivity contribution >= 4 is 0 Å². The van der Waals surface area contributed by atoms with Gasteiger partial charge in [0, 0.05) is 17.2 Å². The lowest BCUT2D eigenvalue weighted by atomic mass is 9.87. The predicted molar refractivity (Wildman–Crippen MR) is 91.1 cm³/mol. The summed E-state index contributed by atoms with van der Waals surface area (Å²) in [4.78, 5) is 0. The molecular weight excluding hydrogens is 322 g/mol. The van der Waals surface area contributed by atoms with Crippen LogP contribution in [0.25, 0.3) is 0 Å². The first kappa shape index (κ1) is 16.7. The molecular formula is C21H14F2O2. The van der Waals surface area contributed by atoms with Gasteiger partial charge in [-0.1, -0.05) is 48.4 Å². The summed E-state index contributed by atoms with van der Waals surface area (Å²) in [5.41, 5.74) is -0.537. The van der Waals surface area contributed by atoms with E-state index < -0.39 is 17.2 Å². The molecule has 3 rings (SSSR count). The minimum atomic E-state index is -1.58. The third kappa shape index (κ3) is 3.37. The van der Waals surface area contributed by atoms with Crippen molar-refractivity contribution in [2.45, 2.75) is 5.60 Å². The molecule has 0 aliphatic heterocycles. The molecule has 0 saturated heterocycles. The smallest absolute Gasteiger partial charge is 0.176 e. The highest BCUT2D eigenvalue weighted by Gasteiger charge is 2.28. The molecule has 25 heavy (non-hydrogen) atoms. The van der Waals surface area contributed by atoms with Gasteiger partial charge in [-0.15, -0.1) is 6.42 Å². The lowest BCUT2D eigenvalue weighted by molar-refractivity contribution is 0.145. The normalized spacial score (nSPS) is 12.9. The molecule has 3 aromatic rings. The molecule has 124 valence electrons. The van der Waals surface area contributed by atoms with E-state index in [1.165, 1.54) is 6.07 Å². The Hall–Kier alpha value is -3.16. The summed E-state index contributed by atoms with van der Waals surface area (Å²) in [5, 5.41) is 10.8. The van der Waals surface area contributed by atoms with Crippen molar-refractivity contribution < 1.29 is 18.6 Å². The summed E-state index contributed by atoms with van der Waals surface area (Å²) in [6.07, 6.45) is 5.55. The Morgan fingerprint density at radius 1 is 0.880 bits per heavy atom. The molecule has 0 saturated carbocycles. The van der Waals surface area contributed by atoms with Gasteiger partial charge >= 0.3 is 0 Å². The predicted octanol–water partition coefficient (Wildman–Crippen LogP) is 4.63. The number of rotatable bonds is 4. The number of halogens is 2. The molecule has 0 fully saturated rings. The SMILES string of the molecule is C#CC(O)(c1ccccc1)c1ccc(Oc2ccc(F)cc2F)cc1. The van der Waals surface area contributed by atoms with Crippen molar-refractivity contribution in [3.05, 3.63) is 95.6 Å². The standard InChI is InChI=1S/C21H14F2O2/c1-2-21(24,15-6-4-3-5-7-15)16-8-11-18(12-9-16)25-20-13-10-17(22)14-19(20)23/h1,3-14,24H. The van der Waals surface area contributed by atoms with E-state index >= 15 is 0 Å². The van der Waals surface area contributed by atoms with E-state index in [0.717, 1.165) is 12.1 Å². The van der Waals surface area contributed by atoms with E-state index in [4.69, 9.17) is 11.2 Å². The Morgan fingerprint density at radius 3 is 2.12 bits per heavy atom. The van der Waals surface area contributed by atoms with Crippen LogP contribution in [0.1, 0.15) is 11.1 Å². The van der Waals surface area contributed by atoms with Gasteiger partial charge in [0.2, 0.25) is 0 Å². The first-order valence-corrected chi connectivity index (χ1v) is 7.52. The average molecular weight is 336 g/mol. The van der Waals surface area contributed by atoms with Gasteiger partial charge in [0.25, 0.3) is 0 Å². The van der Waals surface area contributed by atoms with Crippen molar-refractivity contribution in [3.8, 4) is 23.8 Å². The number of terminal acetylenes is 1. The fourth-order valence-corrected chi connectivity index (χ4v) is 2.46. The van der Waals surface area contributed by atoms with Crippen LogP contribution in [0.5, 0.6) is 11.5 Å². The van der Waals surface area contributed by atoms with Crippen LogP contribution in [0.15, 0.2) is 72.8 Å². The number of aliphatic hydroxyl groups is 1. The zero-order valence-electron chi connectivity index (χ0n) is 13.1. The average Bonchev–Trinajstić information content (AvgIpc) is 2.65. The minimum Gasteiger partial charge on any atom is -0.454 e. The number of hydrogen-bond acceptors (Lipinski definition) is 2. The van der Waals surface area contributed by atoms with Gasteiger partial charge in [-0.2, -0.15) is 0 Å². The van der Waals surface area contributed by atoms with E-state index in [-0.39, 0.29) is 5.75 Å². The molecule has 0 spiro atoms. The number of hydrogen-bond donors (Lipinski definition) is 1. The quantitative estimate of drug-likeness (QED) is 0.704. The largest absolute Gasteiger partial charge is 0.454 e. The van der Waals surface area contributed by atoms with Gasteiger partial charge in [0.15, 0.2) is 17.2 Å². The Bertz CT molecular complexity index is 915. The van der Waals surface area contributed by atoms with E-state index in [1.807, 2.05) is 6.07 Å². The van der Waals surface area contributed by atoms with Gasteiger partial charge in [0.1, 0.15) is 11.6 Å². The Labute approximate surface area is 144 Å². The molecule has 0 radical (unpaired) electrons. The summed E-state index contributed by atoms with van der Waals surface area (Å²) in [5.74, 6) is 1.17. The van der Waals surface area contributed by atoms with Crippen molar-refractivity contribution in [1.82, 2.24) is 0 Å². The lowest BCUT2D eigenvalue weighted by Gasteiger charge is -2.23. The summed E-state index contributed by atoms with van der Waals surface area (Å²) in [6.45, 7) is 0. The van der Waals surface area contributed by atoms with Gasteiger partial charge in [-0.05, 0) is 24.3 Å². The van der Waals surface area contributed by atoms with Crippen molar-refractivity contribution in [3.63, 3.8) is 0 Å². The zero-order chi connectivity index (χ0) is 17.9. The summed E-state index contributed by atoms with van der Waals surface area (Å²) in [7, 11) is 0. The molecule has 0 aromatic heterocycles. The second-order valence-electron chi connectivity index (χ2n) is 5.42. The number of benzene rings is 3. The van der Waals surface area contributed by atoms with Crippen molar-refractivity contribution in [2.75, 3.05) is 0 Å². The number of ether oxygens (including phenoxy) is 1. The van der Waals surface area contributed by atoms with E-state index in [9.17, 15) is 13.9 Å². The molecule has 1 atom stereocenters. The van der Waals surface area contributed by atoms with Crippen LogP contribution >= 0.6 is 0 Å². The molecule has 0 heterocycles. The van der Waals surface area contributed by atoms with Crippen LogP contribution in [-0.4, -0.2) is 5.11 Å². The molecule has 0 aliphatic rings. The molecule has 4 heteroatoms. The summed E-state index contributed by atoms with van der Waals surface area (Å²) < 4.78 is 32.0. The molecule has 2 nitrogen and oxygen atoms in total. The fraction of sp³-hybridized carbons (Fsp3) is 0.0476. The maximum Gasteiger partial charge on any atom is 0.176 e. The Balaban J connectivity index is 1.88. The first-order valence-electron chi connectivity index (χ1n) is 7.52. The Kier molecular flexibility index (Phi) is 4.51. The van der Waals surface area contributed by atoms with Gasteiger partial charge in [0.05, 0.1) is 0 Å². The van der Waals surface area contributed by atoms with Crippen molar-refractivity contribution in [1.29, 1.82) is 0 Å². The third-order valence-corrected chi connectivity index (χ3v) is 3.79. The van der Waals surface area contributed by atoms with Gasteiger partial charge in [-0.3, -0.25) is 0 Å². The second kappa shape index (κ2) is 6.76. The van der Waals surface area contributed by atoms with E-state index in [1.54, 1.807) is 48.5 Å². The molecule has 0 amide bonds. The van der Waals surface area contributed by atoms with Crippen molar-refractivity contribution in [2.24, 2.45) is 0 Å². The van der Waals surface area contributed by atoms with Crippen LogP contribution in [0.3, 0.4) is 0 Å². The molecule has 1 N–H and O–H groups in total. The van der Waals surface area contributed by atoms with Gasteiger partial charge in [-0.25, -0.2) is 8.78 Å². The highest BCUT2D eigenvalue weighted by atomic mass is 19.1. The molecule has 3 aromatic carbocycles. The van der Waals surface area contributed by atoms with Crippen LogP contribution in [0.4, 0.5) is 8.78 Å². The first-order chi connectivity index (χ1) is 12.0. The zero-order valence-corrected chi connectivity index (χ0v) is 13.1. The van der Waals surface area contributed by atoms with Crippen LogP contribution < -0.4 is 4.74 Å². The monoisotopic (exact) mass is 336 g/mol. The van der Waals surface area contributed by atoms with Crippen LogP contribution in [0, 0.1) is 24.0 Å². The summed E-state index contributed by atoms with van der Waals surface area (Å²) >= 11 is 0. The minimum absolute atomic E-state index is 0.0931. The molecule has 0 bridgehead atoms. The summed E-state index contributed by atoms with van der Waals surface area (Å²) in [6, 6.07) is 18.2. The van der Waals surface area contributed by atoms with E-state index in [2.05, 4.69) is 5.92 Å². The van der Waals surface area contributed by atoms with Crippen LogP contribution in [-0.2, 0) is 5.60 Å². The third-order valence-electron chi connectivity index (χ3n) is 3.79. The Morgan fingerprint density at radius 2 is 1.52 bits per heavy atom. The van der Waals surface area contributed by atoms with Gasteiger partial charge < -0.3 is 9.84 Å². The second-order valence-corrected chi connectivity index (χ2v) is 5.42. The molecule has 0 aliphatic carbocycles. The van der Waals surface area contributed by atoms with E-state index in [0.29, 0.717) is 16.9 Å². The highest BCUT2D eigenvalue weighted by molar-refractivity contribution is 5.45. The maximum atomic E-state index is 13.6. The topological polar surface area (TPSA) is 29.5 Å². The fourth-order valence-electron chi connectivity index (χ4n) is 2.46. The van der Waals surface area contributed by atoms with Crippen LogP contribution in [0.2, 0.25) is 0 Å².